The molecule has 5 nitrogen and oxygen atoms in total. The molecule has 0 aromatic heterocycles. The van der Waals surface area contributed by atoms with E-state index in [4.69, 9.17) is 6.42 Å². The van der Waals surface area contributed by atoms with Crippen molar-refractivity contribution in [3.63, 3.8) is 0 Å². The Bertz CT molecular complexity index is 432. The standard InChI is InChI=1S/C14H18N2O3/c1-2-3-6-9-16-13(18)11(10-7-4-5-8-10)12(17)15-14(16)19/h1,10-11H,3-9H2,(H,15,17,19). The van der Waals surface area contributed by atoms with E-state index in [0.29, 0.717) is 12.8 Å². The van der Waals surface area contributed by atoms with Crippen molar-refractivity contribution in [1.29, 1.82) is 0 Å². The van der Waals surface area contributed by atoms with Crippen LogP contribution in [-0.4, -0.2) is 29.3 Å². The fourth-order valence-corrected chi connectivity index (χ4v) is 2.89. The Labute approximate surface area is 112 Å². The third kappa shape index (κ3) is 2.78. The van der Waals surface area contributed by atoms with E-state index in [1.807, 2.05) is 0 Å². The third-order valence-corrected chi connectivity index (χ3v) is 3.86. The van der Waals surface area contributed by atoms with Gasteiger partial charge in [-0.15, -0.1) is 12.3 Å². The van der Waals surface area contributed by atoms with Gasteiger partial charge in [0.1, 0.15) is 5.92 Å². The number of terminal acetylenes is 1. The van der Waals surface area contributed by atoms with Crippen LogP contribution in [0.2, 0.25) is 0 Å². The lowest BCUT2D eigenvalue weighted by atomic mass is 9.87. The molecular formula is C14H18N2O3. The Morgan fingerprint density at radius 2 is 1.95 bits per heavy atom. The highest BCUT2D eigenvalue weighted by atomic mass is 16.2. The summed E-state index contributed by atoms with van der Waals surface area (Å²) in [4.78, 5) is 37.0. The van der Waals surface area contributed by atoms with Crippen LogP contribution in [0.25, 0.3) is 0 Å². The zero-order chi connectivity index (χ0) is 13.8. The average molecular weight is 262 g/mol. The van der Waals surface area contributed by atoms with E-state index in [1.165, 1.54) is 0 Å². The van der Waals surface area contributed by atoms with Crippen molar-refractivity contribution < 1.29 is 14.4 Å². The highest BCUT2D eigenvalue weighted by molar-refractivity contribution is 6.16. The number of carbonyl (C=O) groups is 3. The number of urea groups is 1. The summed E-state index contributed by atoms with van der Waals surface area (Å²) in [5.74, 6) is 1.08. The van der Waals surface area contributed by atoms with Crippen LogP contribution < -0.4 is 5.32 Å². The molecule has 1 atom stereocenters. The van der Waals surface area contributed by atoms with Gasteiger partial charge in [0.05, 0.1) is 0 Å². The van der Waals surface area contributed by atoms with Crippen molar-refractivity contribution >= 4 is 17.8 Å². The molecular weight excluding hydrogens is 244 g/mol. The second-order valence-electron chi connectivity index (χ2n) is 5.11. The third-order valence-electron chi connectivity index (χ3n) is 3.86. The van der Waals surface area contributed by atoms with Gasteiger partial charge in [-0.25, -0.2) is 4.79 Å². The van der Waals surface area contributed by atoms with Gasteiger partial charge in [0.2, 0.25) is 11.8 Å². The van der Waals surface area contributed by atoms with Gasteiger partial charge >= 0.3 is 6.03 Å². The minimum Gasteiger partial charge on any atom is -0.277 e. The number of amides is 4. The van der Waals surface area contributed by atoms with Crippen molar-refractivity contribution in [3.8, 4) is 12.3 Å². The van der Waals surface area contributed by atoms with Crippen molar-refractivity contribution in [2.24, 2.45) is 11.8 Å². The summed E-state index contributed by atoms with van der Waals surface area (Å²) in [6, 6.07) is -0.610. The van der Waals surface area contributed by atoms with Crippen LogP contribution in [-0.2, 0) is 9.59 Å². The number of rotatable bonds is 4. The van der Waals surface area contributed by atoms with E-state index >= 15 is 0 Å². The Morgan fingerprint density at radius 3 is 2.58 bits per heavy atom. The van der Waals surface area contributed by atoms with Crippen LogP contribution in [0.1, 0.15) is 38.5 Å². The Balaban J connectivity index is 2.07. The minimum absolute atomic E-state index is 0.0794. The highest BCUT2D eigenvalue weighted by Crippen LogP contribution is 2.33. The monoisotopic (exact) mass is 262 g/mol. The summed E-state index contributed by atoms with van der Waals surface area (Å²) in [6.07, 6.45) is 10.1. The van der Waals surface area contributed by atoms with Gasteiger partial charge in [0.15, 0.2) is 0 Å². The lowest BCUT2D eigenvalue weighted by molar-refractivity contribution is -0.145. The molecule has 1 saturated heterocycles. The van der Waals surface area contributed by atoms with E-state index < -0.39 is 17.9 Å². The summed E-state index contributed by atoms with van der Waals surface area (Å²) in [5, 5.41) is 2.29. The van der Waals surface area contributed by atoms with Crippen LogP contribution in [0.5, 0.6) is 0 Å². The molecule has 0 aromatic carbocycles. The number of nitrogens with zero attached hydrogens (tertiary/aromatic N) is 1. The van der Waals surface area contributed by atoms with Crippen molar-refractivity contribution in [2.45, 2.75) is 38.5 Å². The summed E-state index contributed by atoms with van der Waals surface area (Å²) in [6.45, 7) is 0.283. The summed E-state index contributed by atoms with van der Waals surface area (Å²) in [7, 11) is 0. The molecule has 102 valence electrons. The van der Waals surface area contributed by atoms with Gasteiger partial charge in [-0.2, -0.15) is 0 Å². The number of carbonyl (C=O) groups excluding carboxylic acids is 3. The first kappa shape index (κ1) is 13.6. The molecule has 1 aliphatic heterocycles. The fraction of sp³-hybridized carbons (Fsp3) is 0.643. The largest absolute Gasteiger partial charge is 0.330 e. The van der Waals surface area contributed by atoms with Gasteiger partial charge < -0.3 is 0 Å². The Morgan fingerprint density at radius 1 is 1.26 bits per heavy atom. The molecule has 1 saturated carbocycles. The van der Waals surface area contributed by atoms with Crippen LogP contribution in [0.4, 0.5) is 4.79 Å². The second kappa shape index (κ2) is 5.87. The molecule has 1 unspecified atom stereocenters. The molecule has 0 spiro atoms. The zero-order valence-corrected chi connectivity index (χ0v) is 10.9. The van der Waals surface area contributed by atoms with Crippen molar-refractivity contribution in [2.75, 3.05) is 6.54 Å². The molecule has 1 heterocycles. The van der Waals surface area contributed by atoms with E-state index in [-0.39, 0.29) is 18.4 Å². The molecule has 19 heavy (non-hydrogen) atoms. The predicted molar refractivity (Wildman–Crippen MR) is 68.8 cm³/mol. The van der Waals surface area contributed by atoms with Gasteiger partial charge in [0.25, 0.3) is 0 Å². The molecule has 2 rings (SSSR count). The SMILES string of the molecule is C#CCCCN1C(=O)NC(=O)C(C2CCCC2)C1=O. The first-order valence-electron chi connectivity index (χ1n) is 6.75. The molecule has 0 aromatic rings. The van der Waals surface area contributed by atoms with Crippen molar-refractivity contribution in [1.82, 2.24) is 10.2 Å². The Kier molecular flexibility index (Phi) is 4.20. The van der Waals surface area contributed by atoms with Crippen LogP contribution >= 0.6 is 0 Å². The van der Waals surface area contributed by atoms with Gasteiger partial charge in [-0.05, 0) is 25.2 Å². The molecule has 1 N–H and O–H groups in total. The molecule has 5 heteroatoms. The molecule has 1 aliphatic carbocycles. The summed E-state index contributed by atoms with van der Waals surface area (Å²) < 4.78 is 0. The lowest BCUT2D eigenvalue weighted by Crippen LogP contribution is -2.59. The maximum absolute atomic E-state index is 12.3. The van der Waals surface area contributed by atoms with Crippen LogP contribution in [0.3, 0.4) is 0 Å². The van der Waals surface area contributed by atoms with E-state index in [0.717, 1.165) is 30.6 Å². The number of unbranched alkanes of at least 4 members (excludes halogenated alkanes) is 1. The minimum atomic E-state index is -0.689. The number of barbiturate groups is 1. The van der Waals surface area contributed by atoms with Crippen LogP contribution in [0.15, 0.2) is 0 Å². The molecule has 2 fully saturated rings. The number of hydrogen-bond donors (Lipinski definition) is 1. The zero-order valence-electron chi connectivity index (χ0n) is 10.9. The van der Waals surface area contributed by atoms with Crippen molar-refractivity contribution in [3.05, 3.63) is 0 Å². The molecule has 0 bridgehead atoms. The summed E-state index contributed by atoms with van der Waals surface area (Å²) in [5.41, 5.74) is 0. The van der Waals surface area contributed by atoms with Gasteiger partial charge in [-0.1, -0.05) is 12.8 Å². The maximum atomic E-state index is 12.3. The normalized spacial score (nSPS) is 24.5. The fourth-order valence-electron chi connectivity index (χ4n) is 2.89. The smallest absolute Gasteiger partial charge is 0.277 e. The second-order valence-corrected chi connectivity index (χ2v) is 5.11. The quantitative estimate of drug-likeness (QED) is 0.471. The first-order valence-corrected chi connectivity index (χ1v) is 6.75. The number of nitrogens with one attached hydrogen (secondary N) is 1. The number of hydrogen-bond acceptors (Lipinski definition) is 3. The maximum Gasteiger partial charge on any atom is 0.330 e. The van der Waals surface area contributed by atoms with E-state index in [1.54, 1.807) is 0 Å². The molecule has 2 aliphatic rings. The van der Waals surface area contributed by atoms with E-state index in [2.05, 4.69) is 11.2 Å². The van der Waals surface area contributed by atoms with Crippen LogP contribution in [0, 0.1) is 24.2 Å². The first-order chi connectivity index (χ1) is 9.15. The lowest BCUT2D eigenvalue weighted by Gasteiger charge is -2.32. The topological polar surface area (TPSA) is 66.5 Å². The molecule has 0 radical (unpaired) electrons. The van der Waals surface area contributed by atoms with E-state index in [9.17, 15) is 14.4 Å². The summed E-state index contributed by atoms with van der Waals surface area (Å²) >= 11 is 0. The van der Waals surface area contributed by atoms with Gasteiger partial charge in [-0.3, -0.25) is 19.8 Å². The predicted octanol–water partition coefficient (Wildman–Crippen LogP) is 1.28. The van der Waals surface area contributed by atoms with Gasteiger partial charge in [0, 0.05) is 13.0 Å². The molecule has 4 amide bonds. The highest BCUT2D eigenvalue weighted by Gasteiger charge is 2.44. The Hall–Kier alpha value is -1.83. The average Bonchev–Trinajstić information content (AvgIpc) is 2.87. The number of imide groups is 2.